The Morgan fingerprint density at radius 1 is 1.00 bits per heavy atom. The highest BCUT2D eigenvalue weighted by Gasteiger charge is 2.34. The Bertz CT molecular complexity index is 1440. The number of nitrogens with zero attached hydrogens (tertiary/aromatic N) is 2. The molecule has 0 bridgehead atoms. The molecule has 2 heterocycles. The number of thioether (sulfide) groups is 1. The van der Waals surface area contributed by atoms with Crippen molar-refractivity contribution in [2.75, 3.05) is 13.2 Å². The lowest BCUT2D eigenvalue weighted by molar-refractivity contribution is -0.123. The third-order valence-corrected chi connectivity index (χ3v) is 6.72. The number of aryl methyl sites for hydroxylation is 1. The van der Waals surface area contributed by atoms with Crippen LogP contribution in [0.5, 0.6) is 5.75 Å². The molecule has 0 unspecified atom stereocenters. The summed E-state index contributed by atoms with van der Waals surface area (Å²) in [7, 11) is 0. The van der Waals surface area contributed by atoms with Crippen LogP contribution in [-0.4, -0.2) is 33.8 Å². The van der Waals surface area contributed by atoms with Gasteiger partial charge in [0.1, 0.15) is 18.2 Å². The summed E-state index contributed by atoms with van der Waals surface area (Å²) in [6.45, 7) is 2.98. The second kappa shape index (κ2) is 9.80. The molecule has 0 spiro atoms. The molecule has 0 N–H and O–H groups in total. The Kier molecular flexibility index (Phi) is 6.42. The maximum atomic E-state index is 13.5. The lowest BCUT2D eigenvalue weighted by Gasteiger charge is -2.13. The fraction of sp³-hybridized carbons (Fsp3) is 0.143. The molecule has 4 aromatic rings. The number of carbonyl (C=O) groups is 2. The Balaban J connectivity index is 1.26. The van der Waals surface area contributed by atoms with E-state index in [1.165, 1.54) is 17.0 Å². The number of aromatic nitrogens is 1. The predicted octanol–water partition coefficient (Wildman–Crippen LogP) is 6.25. The van der Waals surface area contributed by atoms with Gasteiger partial charge in [-0.3, -0.25) is 14.5 Å². The second-order valence-electron chi connectivity index (χ2n) is 8.39. The molecule has 5 rings (SSSR count). The summed E-state index contributed by atoms with van der Waals surface area (Å²) in [5.41, 5.74) is 3.86. The van der Waals surface area contributed by atoms with E-state index in [0.717, 1.165) is 39.4 Å². The molecule has 5 nitrogen and oxygen atoms in total. The number of hydrogen-bond acceptors (Lipinski definition) is 4. The molecule has 3 aromatic carbocycles. The monoisotopic (exact) mass is 486 g/mol. The predicted molar refractivity (Wildman–Crippen MR) is 137 cm³/mol. The summed E-state index contributed by atoms with van der Waals surface area (Å²) in [4.78, 5) is 26.9. The number of carbonyl (C=O) groups excluding carboxylic acids is 2. The van der Waals surface area contributed by atoms with Gasteiger partial charge < -0.3 is 9.30 Å². The van der Waals surface area contributed by atoms with Gasteiger partial charge in [0.05, 0.1) is 11.4 Å². The topological polar surface area (TPSA) is 51.5 Å². The van der Waals surface area contributed by atoms with Gasteiger partial charge in [0, 0.05) is 23.6 Å². The number of hydrogen-bond donors (Lipinski definition) is 0. The Morgan fingerprint density at radius 2 is 1.83 bits per heavy atom. The molecule has 0 radical (unpaired) electrons. The van der Waals surface area contributed by atoms with Crippen molar-refractivity contribution in [3.05, 3.63) is 106 Å². The molecule has 1 fully saturated rings. The van der Waals surface area contributed by atoms with Crippen molar-refractivity contribution >= 4 is 39.9 Å². The van der Waals surface area contributed by atoms with E-state index >= 15 is 0 Å². The number of fused-ring (bicyclic) bond motifs is 1. The van der Waals surface area contributed by atoms with E-state index in [-0.39, 0.29) is 30.1 Å². The van der Waals surface area contributed by atoms with Gasteiger partial charge in [-0.15, -0.1) is 0 Å². The van der Waals surface area contributed by atoms with Gasteiger partial charge in [0.25, 0.3) is 11.1 Å². The molecular weight excluding hydrogens is 463 g/mol. The summed E-state index contributed by atoms with van der Waals surface area (Å²) in [6.07, 6.45) is 3.70. The highest BCUT2D eigenvalue weighted by atomic mass is 32.2. The molecule has 35 heavy (non-hydrogen) atoms. The minimum atomic E-state index is -0.309. The number of ether oxygens (including phenoxy) is 1. The van der Waals surface area contributed by atoms with Gasteiger partial charge in [-0.2, -0.15) is 0 Å². The molecule has 1 aromatic heterocycles. The van der Waals surface area contributed by atoms with E-state index in [9.17, 15) is 14.0 Å². The maximum absolute atomic E-state index is 13.5. The van der Waals surface area contributed by atoms with Crippen LogP contribution in [0.15, 0.2) is 83.9 Å². The number of amides is 2. The number of benzene rings is 3. The first kappa shape index (κ1) is 22.9. The fourth-order valence-corrected chi connectivity index (χ4v) is 4.88. The fourth-order valence-electron chi connectivity index (χ4n) is 4.01. The average molecular weight is 487 g/mol. The van der Waals surface area contributed by atoms with E-state index in [4.69, 9.17) is 4.74 Å². The van der Waals surface area contributed by atoms with Crippen LogP contribution in [0.3, 0.4) is 0 Å². The number of rotatable bonds is 7. The van der Waals surface area contributed by atoms with Crippen molar-refractivity contribution in [1.29, 1.82) is 0 Å². The van der Waals surface area contributed by atoms with Gasteiger partial charge in [0.2, 0.25) is 0 Å². The van der Waals surface area contributed by atoms with Gasteiger partial charge >= 0.3 is 0 Å². The molecule has 176 valence electrons. The van der Waals surface area contributed by atoms with Crippen LogP contribution < -0.4 is 4.74 Å². The normalized spacial score (nSPS) is 14.9. The summed E-state index contributed by atoms with van der Waals surface area (Å²) in [6, 6.07) is 22.0. The van der Waals surface area contributed by atoms with Gasteiger partial charge in [0.15, 0.2) is 0 Å². The van der Waals surface area contributed by atoms with Gasteiger partial charge in [-0.25, -0.2) is 4.39 Å². The van der Waals surface area contributed by atoms with Crippen molar-refractivity contribution < 1.29 is 18.7 Å². The zero-order valence-corrected chi connectivity index (χ0v) is 19.9. The van der Waals surface area contributed by atoms with Crippen molar-refractivity contribution in [2.45, 2.75) is 13.5 Å². The van der Waals surface area contributed by atoms with Crippen molar-refractivity contribution in [2.24, 2.45) is 0 Å². The first-order valence-corrected chi connectivity index (χ1v) is 12.1. The molecule has 2 amide bonds. The summed E-state index contributed by atoms with van der Waals surface area (Å²) >= 11 is 0.941. The van der Waals surface area contributed by atoms with Crippen LogP contribution in [0.2, 0.25) is 0 Å². The minimum Gasteiger partial charge on any atom is -0.492 e. The zero-order chi connectivity index (χ0) is 24.4. The molecule has 1 aliphatic heterocycles. The van der Waals surface area contributed by atoms with E-state index in [2.05, 4.69) is 4.57 Å². The Hall–Kier alpha value is -3.84. The van der Waals surface area contributed by atoms with Crippen LogP contribution in [0.4, 0.5) is 9.18 Å². The maximum Gasteiger partial charge on any atom is 0.293 e. The Morgan fingerprint density at radius 3 is 2.63 bits per heavy atom. The molecule has 7 heteroatoms. The average Bonchev–Trinajstić information content (AvgIpc) is 3.35. The molecule has 1 aliphatic rings. The minimum absolute atomic E-state index is 0.192. The van der Waals surface area contributed by atoms with E-state index in [0.29, 0.717) is 17.2 Å². The lowest BCUT2D eigenvalue weighted by atomic mass is 10.1. The van der Waals surface area contributed by atoms with Gasteiger partial charge in [-0.1, -0.05) is 35.9 Å². The molecule has 1 saturated heterocycles. The zero-order valence-electron chi connectivity index (χ0n) is 19.1. The first-order chi connectivity index (χ1) is 17.0. The number of imide groups is 1. The standard InChI is InChI=1S/C28H23FN2O3S/c1-19-5-8-24(9-6-19)34-14-13-31-27(32)26(35-28(31)33)17-20-7-10-25-22(15-20)11-12-30(25)18-21-3-2-4-23(29)16-21/h2-12,15-17H,13-14,18H2,1H3/b26-17+. The van der Waals surface area contributed by atoms with Crippen molar-refractivity contribution in [3.8, 4) is 5.75 Å². The van der Waals surface area contributed by atoms with E-state index in [1.54, 1.807) is 12.1 Å². The van der Waals surface area contributed by atoms with Crippen LogP contribution >= 0.6 is 11.8 Å². The van der Waals surface area contributed by atoms with Crippen LogP contribution in [0.25, 0.3) is 17.0 Å². The van der Waals surface area contributed by atoms with E-state index in [1.807, 2.05) is 67.7 Å². The largest absolute Gasteiger partial charge is 0.492 e. The summed E-state index contributed by atoms with van der Waals surface area (Å²) in [5, 5.41) is 0.706. The van der Waals surface area contributed by atoms with Crippen LogP contribution in [0.1, 0.15) is 16.7 Å². The highest BCUT2D eigenvalue weighted by molar-refractivity contribution is 8.18. The quantitative estimate of drug-likeness (QED) is 0.290. The van der Waals surface area contributed by atoms with Crippen LogP contribution in [-0.2, 0) is 11.3 Å². The third kappa shape index (κ3) is 5.15. The smallest absolute Gasteiger partial charge is 0.293 e. The SMILES string of the molecule is Cc1ccc(OCCN2C(=O)S/C(=C/c3ccc4c(ccn4Cc4cccc(F)c4)c3)C2=O)cc1. The Labute approximate surface area is 206 Å². The van der Waals surface area contributed by atoms with E-state index < -0.39 is 0 Å². The molecule has 0 saturated carbocycles. The van der Waals surface area contributed by atoms with Crippen LogP contribution in [0, 0.1) is 12.7 Å². The van der Waals surface area contributed by atoms with Crippen molar-refractivity contribution in [1.82, 2.24) is 9.47 Å². The molecular formula is C28H23FN2O3S. The van der Waals surface area contributed by atoms with Crippen molar-refractivity contribution in [3.63, 3.8) is 0 Å². The third-order valence-electron chi connectivity index (χ3n) is 5.81. The lowest BCUT2D eigenvalue weighted by Crippen LogP contribution is -2.32. The number of halogens is 1. The highest BCUT2D eigenvalue weighted by Crippen LogP contribution is 2.32. The molecule has 0 atom stereocenters. The second-order valence-corrected chi connectivity index (χ2v) is 9.38. The summed E-state index contributed by atoms with van der Waals surface area (Å²) < 4.78 is 21.2. The first-order valence-electron chi connectivity index (χ1n) is 11.2. The summed E-state index contributed by atoms with van der Waals surface area (Å²) in [5.74, 6) is 0.143. The molecule has 0 aliphatic carbocycles. The van der Waals surface area contributed by atoms with Gasteiger partial charge in [-0.05, 0) is 78.4 Å².